The van der Waals surface area contributed by atoms with Crippen molar-refractivity contribution in [3.63, 3.8) is 0 Å². The molecule has 1 aliphatic rings. The van der Waals surface area contributed by atoms with Crippen LogP contribution in [0.3, 0.4) is 0 Å². The molecule has 0 saturated carbocycles. The van der Waals surface area contributed by atoms with Crippen molar-refractivity contribution in [2.75, 3.05) is 19.7 Å². The van der Waals surface area contributed by atoms with E-state index in [-0.39, 0.29) is 18.3 Å². The van der Waals surface area contributed by atoms with Gasteiger partial charge in [-0.3, -0.25) is 9.69 Å². The van der Waals surface area contributed by atoms with E-state index in [1.807, 2.05) is 12.1 Å². The van der Waals surface area contributed by atoms with Crippen molar-refractivity contribution >= 4 is 5.91 Å². The number of ether oxygens (including phenoxy) is 1. The third-order valence-electron chi connectivity index (χ3n) is 4.80. The van der Waals surface area contributed by atoms with Crippen molar-refractivity contribution in [1.82, 2.24) is 10.2 Å². The van der Waals surface area contributed by atoms with Crippen molar-refractivity contribution in [1.29, 1.82) is 0 Å². The Morgan fingerprint density at radius 3 is 2.85 bits per heavy atom. The van der Waals surface area contributed by atoms with Crippen LogP contribution in [0.15, 0.2) is 42.5 Å². The van der Waals surface area contributed by atoms with E-state index in [0.717, 1.165) is 37.4 Å². The number of benzene rings is 2. The second-order valence-electron chi connectivity index (χ2n) is 7.40. The van der Waals surface area contributed by atoms with Crippen LogP contribution in [-0.4, -0.2) is 30.5 Å². The molecule has 1 heterocycles. The predicted octanol–water partition coefficient (Wildman–Crippen LogP) is 4.00. The molecule has 0 unspecified atom stereocenters. The van der Waals surface area contributed by atoms with Crippen LogP contribution >= 0.6 is 0 Å². The maximum atomic E-state index is 13.7. The lowest BCUT2D eigenvalue weighted by Crippen LogP contribution is -2.27. The van der Waals surface area contributed by atoms with Crippen LogP contribution < -0.4 is 10.1 Å². The van der Waals surface area contributed by atoms with Gasteiger partial charge in [-0.2, -0.15) is 0 Å². The summed E-state index contributed by atoms with van der Waals surface area (Å²) in [5, 5.41) is 2.80. The highest BCUT2D eigenvalue weighted by atomic mass is 19.1. The third-order valence-corrected chi connectivity index (χ3v) is 4.80. The molecule has 5 heteroatoms. The zero-order chi connectivity index (χ0) is 19.2. The molecule has 0 atom stereocenters. The Hall–Kier alpha value is -2.40. The Bertz CT molecular complexity index is 792. The maximum Gasteiger partial charge on any atom is 0.251 e. The molecule has 3 rings (SSSR count). The van der Waals surface area contributed by atoms with Crippen molar-refractivity contribution in [3.05, 3.63) is 65.0 Å². The van der Waals surface area contributed by atoms with Crippen LogP contribution in [-0.2, 0) is 13.1 Å². The molecule has 0 bridgehead atoms. The van der Waals surface area contributed by atoms with E-state index in [9.17, 15) is 9.18 Å². The van der Waals surface area contributed by atoms with Gasteiger partial charge in [-0.25, -0.2) is 4.39 Å². The number of rotatable bonds is 6. The number of carbonyl (C=O) groups is 1. The number of nitrogens with one attached hydrogen (secondary N) is 1. The summed E-state index contributed by atoms with van der Waals surface area (Å²) in [6.07, 6.45) is 1.14. The second kappa shape index (κ2) is 9.00. The highest BCUT2D eigenvalue weighted by Gasteiger charge is 2.17. The lowest BCUT2D eigenvalue weighted by molar-refractivity contribution is 0.0950. The summed E-state index contributed by atoms with van der Waals surface area (Å²) < 4.78 is 19.6. The lowest BCUT2D eigenvalue weighted by atomic mass is 10.1. The van der Waals surface area contributed by atoms with Crippen molar-refractivity contribution < 1.29 is 13.9 Å². The van der Waals surface area contributed by atoms with E-state index in [0.29, 0.717) is 23.7 Å². The molecule has 0 saturated heterocycles. The number of hydrogen-bond donors (Lipinski definition) is 1. The van der Waals surface area contributed by atoms with Gasteiger partial charge < -0.3 is 10.1 Å². The number of amides is 1. The van der Waals surface area contributed by atoms with Crippen LogP contribution in [0.25, 0.3) is 0 Å². The summed E-state index contributed by atoms with van der Waals surface area (Å²) in [6, 6.07) is 12.0. The molecule has 4 nitrogen and oxygen atoms in total. The Labute approximate surface area is 160 Å². The highest BCUT2D eigenvalue weighted by Crippen LogP contribution is 2.25. The van der Waals surface area contributed by atoms with Crippen LogP contribution in [0.5, 0.6) is 5.75 Å². The van der Waals surface area contributed by atoms with Crippen LogP contribution in [0.2, 0.25) is 0 Å². The Morgan fingerprint density at radius 2 is 2.07 bits per heavy atom. The van der Waals surface area contributed by atoms with Gasteiger partial charge in [0.25, 0.3) is 5.91 Å². The van der Waals surface area contributed by atoms with Gasteiger partial charge in [-0.1, -0.05) is 32.0 Å². The smallest absolute Gasteiger partial charge is 0.251 e. The number of carbonyl (C=O) groups excluding carboxylic acids is 1. The summed E-state index contributed by atoms with van der Waals surface area (Å²) in [5.74, 6) is 0.977. The van der Waals surface area contributed by atoms with Gasteiger partial charge in [0, 0.05) is 36.3 Å². The van der Waals surface area contributed by atoms with Gasteiger partial charge in [-0.05, 0) is 43.1 Å². The first kappa shape index (κ1) is 19.4. The quantitative estimate of drug-likeness (QED) is 0.836. The molecule has 1 N–H and O–H groups in total. The Morgan fingerprint density at radius 1 is 1.26 bits per heavy atom. The molecule has 0 fully saturated rings. The van der Waals surface area contributed by atoms with Crippen LogP contribution in [0.4, 0.5) is 4.39 Å². The van der Waals surface area contributed by atoms with Gasteiger partial charge >= 0.3 is 0 Å². The SMILES string of the molecule is CC(C)CCN1CCOc2ccc(C(=O)NCc3ccccc3F)cc2C1. The fourth-order valence-electron chi connectivity index (χ4n) is 3.14. The normalized spacial score (nSPS) is 14.4. The first-order chi connectivity index (χ1) is 13.0. The summed E-state index contributed by atoms with van der Waals surface area (Å²) in [5.41, 5.74) is 2.07. The minimum atomic E-state index is -0.311. The van der Waals surface area contributed by atoms with Gasteiger partial charge in [0.05, 0.1) is 0 Å². The van der Waals surface area contributed by atoms with E-state index in [2.05, 4.69) is 24.1 Å². The van der Waals surface area contributed by atoms with Crippen molar-refractivity contribution in [2.45, 2.75) is 33.4 Å². The fourth-order valence-corrected chi connectivity index (χ4v) is 3.14. The van der Waals surface area contributed by atoms with Gasteiger partial charge in [-0.15, -0.1) is 0 Å². The van der Waals surface area contributed by atoms with Gasteiger partial charge in [0.2, 0.25) is 0 Å². The molecule has 0 radical (unpaired) electrons. The topological polar surface area (TPSA) is 41.6 Å². The van der Waals surface area contributed by atoms with E-state index < -0.39 is 0 Å². The standard InChI is InChI=1S/C22H27FN2O2/c1-16(2)9-10-25-11-12-27-21-8-7-17(13-19(21)15-25)22(26)24-14-18-5-3-4-6-20(18)23/h3-8,13,16H,9-12,14-15H2,1-2H3,(H,24,26). The van der Waals surface area contributed by atoms with Crippen LogP contribution in [0.1, 0.15) is 41.8 Å². The van der Waals surface area contributed by atoms with Crippen molar-refractivity contribution in [2.24, 2.45) is 5.92 Å². The molecule has 1 aliphatic heterocycles. The molecule has 144 valence electrons. The number of nitrogens with zero attached hydrogens (tertiary/aromatic N) is 1. The predicted molar refractivity (Wildman–Crippen MR) is 104 cm³/mol. The fraction of sp³-hybridized carbons (Fsp3) is 0.409. The Kier molecular flexibility index (Phi) is 6.45. The zero-order valence-corrected chi connectivity index (χ0v) is 16.0. The van der Waals surface area contributed by atoms with Gasteiger partial charge in [0.15, 0.2) is 0 Å². The zero-order valence-electron chi connectivity index (χ0n) is 16.0. The van der Waals surface area contributed by atoms with E-state index in [1.165, 1.54) is 6.07 Å². The molecule has 27 heavy (non-hydrogen) atoms. The second-order valence-corrected chi connectivity index (χ2v) is 7.40. The lowest BCUT2D eigenvalue weighted by Gasteiger charge is -2.20. The monoisotopic (exact) mass is 370 g/mol. The molecule has 0 aromatic heterocycles. The first-order valence-electron chi connectivity index (χ1n) is 9.52. The third kappa shape index (κ3) is 5.30. The van der Waals surface area contributed by atoms with E-state index >= 15 is 0 Å². The molecule has 2 aromatic carbocycles. The van der Waals surface area contributed by atoms with Crippen molar-refractivity contribution in [3.8, 4) is 5.75 Å². The number of hydrogen-bond acceptors (Lipinski definition) is 3. The molecule has 0 spiro atoms. The van der Waals surface area contributed by atoms with E-state index in [1.54, 1.807) is 24.3 Å². The molecular formula is C22H27FN2O2. The largest absolute Gasteiger partial charge is 0.492 e. The summed E-state index contributed by atoms with van der Waals surface area (Å²) in [4.78, 5) is 14.9. The summed E-state index contributed by atoms with van der Waals surface area (Å²) >= 11 is 0. The van der Waals surface area contributed by atoms with Gasteiger partial charge in [0.1, 0.15) is 18.2 Å². The first-order valence-corrected chi connectivity index (χ1v) is 9.52. The summed E-state index contributed by atoms with van der Waals surface area (Å²) in [6.45, 7) is 7.95. The Balaban J connectivity index is 1.67. The highest BCUT2D eigenvalue weighted by molar-refractivity contribution is 5.94. The number of fused-ring (bicyclic) bond motifs is 1. The minimum Gasteiger partial charge on any atom is -0.492 e. The average Bonchev–Trinajstić information content (AvgIpc) is 2.86. The number of halogens is 1. The molecule has 0 aliphatic carbocycles. The minimum absolute atomic E-state index is 0.166. The summed E-state index contributed by atoms with van der Waals surface area (Å²) in [7, 11) is 0. The molecular weight excluding hydrogens is 343 g/mol. The average molecular weight is 370 g/mol. The van der Waals surface area contributed by atoms with Crippen LogP contribution in [0, 0.1) is 11.7 Å². The maximum absolute atomic E-state index is 13.7. The molecule has 1 amide bonds. The van der Waals surface area contributed by atoms with E-state index in [4.69, 9.17) is 4.74 Å². The molecule has 2 aromatic rings.